The summed E-state index contributed by atoms with van der Waals surface area (Å²) in [5.74, 6) is -0.465. The van der Waals surface area contributed by atoms with Crippen LogP contribution in [0.3, 0.4) is 0 Å². The van der Waals surface area contributed by atoms with Gasteiger partial charge in [0.2, 0.25) is 11.8 Å². The zero-order valence-corrected chi connectivity index (χ0v) is 16.6. The molecule has 1 saturated heterocycles. The maximum absolute atomic E-state index is 12.5. The first kappa shape index (κ1) is 20.5. The van der Waals surface area contributed by atoms with E-state index in [9.17, 15) is 14.7 Å². The van der Waals surface area contributed by atoms with Crippen LogP contribution in [-0.4, -0.2) is 41.5 Å². The molecule has 0 unspecified atom stereocenters. The van der Waals surface area contributed by atoms with Crippen molar-refractivity contribution in [1.82, 2.24) is 4.90 Å². The molecule has 2 aromatic carbocycles. The lowest BCUT2D eigenvalue weighted by molar-refractivity contribution is -0.121. The van der Waals surface area contributed by atoms with E-state index in [1.165, 1.54) is 12.1 Å². The lowest BCUT2D eigenvalue weighted by Crippen LogP contribution is -2.41. The highest BCUT2D eigenvalue weighted by molar-refractivity contribution is 6.31. The third-order valence-corrected chi connectivity index (χ3v) is 5.12. The molecule has 0 radical (unpaired) electrons. The number of hydrogen-bond acceptors (Lipinski definition) is 4. The molecule has 28 heavy (non-hydrogen) atoms. The molecule has 8 heteroatoms. The number of aromatic hydroxyl groups is 1. The summed E-state index contributed by atoms with van der Waals surface area (Å²) in [5, 5.41) is 16.4. The van der Waals surface area contributed by atoms with Crippen LogP contribution in [0, 0.1) is 5.92 Å². The zero-order chi connectivity index (χ0) is 20.1. The Morgan fingerprint density at radius 2 is 1.75 bits per heavy atom. The Labute approximate surface area is 173 Å². The lowest BCUT2D eigenvalue weighted by Gasteiger charge is -2.30. The minimum absolute atomic E-state index is 0.0205. The van der Waals surface area contributed by atoms with E-state index in [4.69, 9.17) is 23.2 Å². The molecule has 0 spiro atoms. The van der Waals surface area contributed by atoms with Crippen LogP contribution in [0.5, 0.6) is 5.75 Å². The van der Waals surface area contributed by atoms with E-state index >= 15 is 0 Å². The third kappa shape index (κ3) is 5.61. The first-order valence-corrected chi connectivity index (χ1v) is 9.73. The first-order valence-electron chi connectivity index (χ1n) is 8.98. The number of anilines is 2. The number of carbonyl (C=O) groups excluding carboxylic acids is 2. The molecule has 0 aliphatic carbocycles. The molecule has 0 aromatic heterocycles. The number of carbonyl (C=O) groups is 2. The number of nitrogens with zero attached hydrogens (tertiary/aromatic N) is 1. The Bertz CT molecular complexity index is 868. The second kappa shape index (κ2) is 9.28. The summed E-state index contributed by atoms with van der Waals surface area (Å²) < 4.78 is 0. The third-order valence-electron chi connectivity index (χ3n) is 4.65. The molecule has 6 nitrogen and oxygen atoms in total. The highest BCUT2D eigenvalue weighted by atomic mass is 35.5. The second-order valence-corrected chi connectivity index (χ2v) is 7.63. The lowest BCUT2D eigenvalue weighted by atomic mass is 9.95. The summed E-state index contributed by atoms with van der Waals surface area (Å²) in [5.41, 5.74) is 0.967. The van der Waals surface area contributed by atoms with E-state index in [0.29, 0.717) is 47.4 Å². The Balaban J connectivity index is 1.46. The van der Waals surface area contributed by atoms with Gasteiger partial charge in [0.05, 0.1) is 12.2 Å². The summed E-state index contributed by atoms with van der Waals surface area (Å²) in [4.78, 5) is 26.7. The quantitative estimate of drug-likeness (QED) is 0.637. The number of phenolic OH excluding ortho intramolecular Hbond substituents is 1. The maximum atomic E-state index is 12.5. The molecule has 0 bridgehead atoms. The number of benzene rings is 2. The van der Waals surface area contributed by atoms with Crippen LogP contribution < -0.4 is 10.6 Å². The average Bonchev–Trinajstić information content (AvgIpc) is 2.65. The van der Waals surface area contributed by atoms with E-state index in [2.05, 4.69) is 10.6 Å². The van der Waals surface area contributed by atoms with Crippen LogP contribution in [0.15, 0.2) is 42.5 Å². The monoisotopic (exact) mass is 421 g/mol. The molecular weight excluding hydrogens is 401 g/mol. The van der Waals surface area contributed by atoms with Crippen molar-refractivity contribution in [3.63, 3.8) is 0 Å². The predicted octanol–water partition coefficient (Wildman–Crippen LogP) is 3.99. The summed E-state index contributed by atoms with van der Waals surface area (Å²) in [6, 6.07) is 11.5. The zero-order valence-electron chi connectivity index (χ0n) is 15.1. The van der Waals surface area contributed by atoms with Crippen molar-refractivity contribution in [3.05, 3.63) is 52.5 Å². The maximum Gasteiger partial charge on any atom is 0.238 e. The van der Waals surface area contributed by atoms with Gasteiger partial charge in [-0.05, 0) is 62.3 Å². The van der Waals surface area contributed by atoms with Gasteiger partial charge in [0.15, 0.2) is 0 Å². The van der Waals surface area contributed by atoms with Crippen LogP contribution in [0.4, 0.5) is 11.4 Å². The second-order valence-electron chi connectivity index (χ2n) is 6.76. The van der Waals surface area contributed by atoms with Crippen molar-refractivity contribution in [3.8, 4) is 5.75 Å². The number of hydrogen-bond donors (Lipinski definition) is 3. The molecular formula is C20H21Cl2N3O3. The highest BCUT2D eigenvalue weighted by Gasteiger charge is 2.26. The van der Waals surface area contributed by atoms with Crippen molar-refractivity contribution < 1.29 is 14.7 Å². The standard InChI is InChI=1S/C20H21Cl2N3O3/c21-14-2-1-3-16(10-14)23-19(27)12-25-8-6-13(7-9-25)20(28)24-17-11-15(22)4-5-18(17)26/h1-5,10-11,13,26H,6-9,12H2,(H,23,27)(H,24,28). The SMILES string of the molecule is O=C(CN1CCC(C(=O)Nc2cc(Cl)ccc2O)CC1)Nc1cccc(Cl)c1. The van der Waals surface area contributed by atoms with Gasteiger partial charge in [-0.1, -0.05) is 29.3 Å². The van der Waals surface area contributed by atoms with E-state index in [1.807, 2.05) is 4.90 Å². The largest absolute Gasteiger partial charge is 0.506 e. The number of amides is 2. The predicted molar refractivity (Wildman–Crippen MR) is 111 cm³/mol. The van der Waals surface area contributed by atoms with Gasteiger partial charge in [-0.15, -0.1) is 0 Å². The summed E-state index contributed by atoms with van der Waals surface area (Å²) in [6.45, 7) is 1.54. The van der Waals surface area contributed by atoms with Gasteiger partial charge in [0.1, 0.15) is 5.75 Å². The number of halogens is 2. The number of phenols is 1. The summed E-state index contributed by atoms with van der Waals surface area (Å²) in [7, 11) is 0. The Hall–Kier alpha value is -2.28. The molecule has 0 atom stereocenters. The molecule has 1 aliphatic heterocycles. The van der Waals surface area contributed by atoms with Gasteiger partial charge in [-0.2, -0.15) is 0 Å². The molecule has 1 heterocycles. The van der Waals surface area contributed by atoms with Crippen molar-refractivity contribution >= 4 is 46.4 Å². The molecule has 3 N–H and O–H groups in total. The Kier molecular flexibility index (Phi) is 6.78. The molecule has 3 rings (SSSR count). The fourth-order valence-corrected chi connectivity index (χ4v) is 3.53. The number of likely N-dealkylation sites (tertiary alicyclic amines) is 1. The molecule has 2 amide bonds. The molecule has 0 saturated carbocycles. The van der Waals surface area contributed by atoms with E-state index in [0.717, 1.165) is 0 Å². The van der Waals surface area contributed by atoms with Gasteiger partial charge >= 0.3 is 0 Å². The Morgan fingerprint density at radius 3 is 2.46 bits per heavy atom. The van der Waals surface area contributed by atoms with Gasteiger partial charge in [-0.25, -0.2) is 0 Å². The summed E-state index contributed by atoms with van der Waals surface area (Å²) >= 11 is 11.8. The molecule has 1 aliphatic rings. The van der Waals surface area contributed by atoms with Crippen molar-refractivity contribution in [2.24, 2.45) is 5.92 Å². The minimum Gasteiger partial charge on any atom is -0.506 e. The van der Waals surface area contributed by atoms with Gasteiger partial charge in [-0.3, -0.25) is 14.5 Å². The smallest absolute Gasteiger partial charge is 0.238 e. The van der Waals surface area contributed by atoms with Crippen molar-refractivity contribution in [2.75, 3.05) is 30.3 Å². The number of rotatable bonds is 5. The summed E-state index contributed by atoms with van der Waals surface area (Å²) in [6.07, 6.45) is 1.27. The molecule has 2 aromatic rings. The topological polar surface area (TPSA) is 81.7 Å². The van der Waals surface area contributed by atoms with Crippen LogP contribution in [0.25, 0.3) is 0 Å². The normalized spacial score (nSPS) is 15.2. The fourth-order valence-electron chi connectivity index (χ4n) is 3.17. The first-order chi connectivity index (χ1) is 13.4. The van der Waals surface area contributed by atoms with Crippen molar-refractivity contribution in [1.29, 1.82) is 0 Å². The van der Waals surface area contributed by atoms with Crippen LogP contribution >= 0.6 is 23.2 Å². The Morgan fingerprint density at radius 1 is 1.04 bits per heavy atom. The number of nitrogens with one attached hydrogen (secondary N) is 2. The van der Waals surface area contributed by atoms with Crippen molar-refractivity contribution in [2.45, 2.75) is 12.8 Å². The minimum atomic E-state index is -0.175. The molecule has 148 valence electrons. The fraction of sp³-hybridized carbons (Fsp3) is 0.300. The highest BCUT2D eigenvalue weighted by Crippen LogP contribution is 2.28. The van der Waals surface area contributed by atoms with Gasteiger partial charge in [0.25, 0.3) is 0 Å². The van der Waals surface area contributed by atoms with Crippen LogP contribution in [0.1, 0.15) is 12.8 Å². The van der Waals surface area contributed by atoms with E-state index < -0.39 is 0 Å². The molecule has 1 fully saturated rings. The van der Waals surface area contributed by atoms with Gasteiger partial charge < -0.3 is 15.7 Å². The van der Waals surface area contributed by atoms with Crippen LogP contribution in [0.2, 0.25) is 10.0 Å². The van der Waals surface area contributed by atoms with Crippen LogP contribution in [-0.2, 0) is 9.59 Å². The van der Waals surface area contributed by atoms with E-state index in [1.54, 1.807) is 30.3 Å². The van der Waals surface area contributed by atoms with Gasteiger partial charge in [0, 0.05) is 21.7 Å². The number of piperidine rings is 1. The van der Waals surface area contributed by atoms with E-state index in [-0.39, 0.29) is 30.0 Å². The average molecular weight is 422 g/mol.